The molecule has 0 spiro atoms. The van der Waals surface area contributed by atoms with E-state index in [1.807, 2.05) is 24.3 Å². The fourth-order valence-electron chi connectivity index (χ4n) is 1.09. The maximum atomic E-state index is 5.72. The van der Waals surface area contributed by atoms with E-state index in [9.17, 15) is 0 Å². The summed E-state index contributed by atoms with van der Waals surface area (Å²) in [6.45, 7) is 3.37. The van der Waals surface area contributed by atoms with Crippen LogP contribution in [0.1, 0.15) is 23.7 Å². The topological polar surface area (TPSA) is 42.1 Å². The predicted octanol–water partition coefficient (Wildman–Crippen LogP) is 1.23. The van der Waals surface area contributed by atoms with Gasteiger partial charge in [0, 0.05) is 11.9 Å². The third-order valence-corrected chi connectivity index (χ3v) is 2.85. The highest BCUT2D eigenvalue weighted by atomic mass is 32.1. The van der Waals surface area contributed by atoms with E-state index in [4.69, 9.17) is 12.2 Å². The first-order chi connectivity index (χ1) is 6.63. The Morgan fingerprint density at radius 1 is 1.79 bits per heavy atom. The van der Waals surface area contributed by atoms with Gasteiger partial charge in [-0.3, -0.25) is 4.90 Å². The largest absolute Gasteiger partial charge is 0.322 e. The molecule has 1 aromatic rings. The van der Waals surface area contributed by atoms with Crippen molar-refractivity contribution in [3.8, 4) is 12.3 Å². The van der Waals surface area contributed by atoms with Crippen molar-refractivity contribution >= 4 is 11.3 Å². The summed E-state index contributed by atoms with van der Waals surface area (Å²) in [6.07, 6.45) is 5.21. The third kappa shape index (κ3) is 3.11. The lowest BCUT2D eigenvalue weighted by Gasteiger charge is -2.10. The number of rotatable bonds is 4. The molecule has 0 saturated carbocycles. The number of nitrogens with two attached hydrogens (primary N) is 1. The van der Waals surface area contributed by atoms with Crippen LogP contribution < -0.4 is 5.73 Å². The summed E-state index contributed by atoms with van der Waals surface area (Å²) < 4.78 is 0. The number of hydrogen-bond acceptors (Lipinski definition) is 4. The second kappa shape index (κ2) is 5.11. The molecule has 1 heterocycles. The van der Waals surface area contributed by atoms with E-state index in [2.05, 4.69) is 10.9 Å². The van der Waals surface area contributed by atoms with Crippen LogP contribution in [0.25, 0.3) is 0 Å². The van der Waals surface area contributed by atoms with E-state index in [0.717, 1.165) is 17.2 Å². The van der Waals surface area contributed by atoms with E-state index in [0.29, 0.717) is 6.54 Å². The van der Waals surface area contributed by atoms with Crippen LogP contribution in [0.5, 0.6) is 0 Å². The third-order valence-electron chi connectivity index (χ3n) is 1.75. The Morgan fingerprint density at radius 3 is 3.00 bits per heavy atom. The molecule has 0 aliphatic rings. The summed E-state index contributed by atoms with van der Waals surface area (Å²) in [7, 11) is 1.98. The molecule has 76 valence electrons. The van der Waals surface area contributed by atoms with Crippen LogP contribution in [0.3, 0.4) is 0 Å². The average Bonchev–Trinajstić information content (AvgIpc) is 2.53. The van der Waals surface area contributed by atoms with E-state index < -0.39 is 0 Å². The molecular weight excluding hydrogens is 194 g/mol. The van der Waals surface area contributed by atoms with Crippen LogP contribution in [-0.4, -0.2) is 23.5 Å². The zero-order chi connectivity index (χ0) is 10.6. The van der Waals surface area contributed by atoms with Crippen molar-refractivity contribution in [2.45, 2.75) is 19.5 Å². The molecule has 0 bridgehead atoms. The average molecular weight is 209 g/mol. The van der Waals surface area contributed by atoms with Crippen LogP contribution in [0.2, 0.25) is 0 Å². The predicted molar refractivity (Wildman–Crippen MR) is 59.9 cm³/mol. The summed E-state index contributed by atoms with van der Waals surface area (Å²) in [6, 6.07) is 0.0201. The van der Waals surface area contributed by atoms with E-state index >= 15 is 0 Å². The lowest BCUT2D eigenvalue weighted by atomic mass is 10.4. The van der Waals surface area contributed by atoms with Crippen LogP contribution in [0.4, 0.5) is 0 Å². The van der Waals surface area contributed by atoms with Gasteiger partial charge in [0.15, 0.2) is 0 Å². The molecule has 1 atom stereocenters. The van der Waals surface area contributed by atoms with Gasteiger partial charge in [0.25, 0.3) is 0 Å². The van der Waals surface area contributed by atoms with Crippen molar-refractivity contribution in [1.82, 2.24) is 9.88 Å². The van der Waals surface area contributed by atoms with Gasteiger partial charge in [0.05, 0.1) is 18.3 Å². The number of thiazole rings is 1. The number of nitrogens with zero attached hydrogens (tertiary/aromatic N) is 2. The molecule has 0 aromatic carbocycles. The zero-order valence-corrected chi connectivity index (χ0v) is 9.34. The van der Waals surface area contributed by atoms with Crippen molar-refractivity contribution in [3.63, 3.8) is 0 Å². The van der Waals surface area contributed by atoms with E-state index in [1.165, 1.54) is 0 Å². The second-order valence-corrected chi connectivity index (χ2v) is 4.23. The molecule has 1 aromatic heterocycles. The molecule has 3 nitrogen and oxygen atoms in total. The fraction of sp³-hybridized carbons (Fsp3) is 0.500. The first-order valence-electron chi connectivity index (χ1n) is 4.45. The first kappa shape index (κ1) is 11.2. The number of aromatic nitrogens is 1. The second-order valence-electron chi connectivity index (χ2n) is 3.34. The summed E-state index contributed by atoms with van der Waals surface area (Å²) in [5.74, 6) is 2.59. The van der Waals surface area contributed by atoms with Gasteiger partial charge in [0.2, 0.25) is 0 Å². The number of hydrogen-bond donors (Lipinski definition) is 1. The van der Waals surface area contributed by atoms with Gasteiger partial charge in [-0.25, -0.2) is 4.98 Å². The molecule has 1 rings (SSSR count). The van der Waals surface area contributed by atoms with E-state index in [-0.39, 0.29) is 6.04 Å². The van der Waals surface area contributed by atoms with Crippen molar-refractivity contribution in [2.24, 2.45) is 5.73 Å². The Morgan fingerprint density at radius 2 is 2.50 bits per heavy atom. The summed E-state index contributed by atoms with van der Waals surface area (Å²) in [4.78, 5) is 6.46. The highest BCUT2D eigenvalue weighted by Gasteiger charge is 2.07. The standard InChI is InChI=1S/C10H15N3S/c1-4-5-13(3)6-9-7-14-10(12-9)8(2)11/h1,7-8H,5-6,11H2,2-3H3. The van der Waals surface area contributed by atoms with Gasteiger partial charge in [-0.1, -0.05) is 5.92 Å². The molecule has 0 radical (unpaired) electrons. The van der Waals surface area contributed by atoms with Gasteiger partial charge in [-0.15, -0.1) is 17.8 Å². The van der Waals surface area contributed by atoms with Gasteiger partial charge in [-0.2, -0.15) is 0 Å². The molecule has 0 amide bonds. The first-order valence-corrected chi connectivity index (χ1v) is 5.33. The molecule has 1 unspecified atom stereocenters. The van der Waals surface area contributed by atoms with Crippen molar-refractivity contribution in [3.05, 3.63) is 16.1 Å². The molecule has 0 aliphatic heterocycles. The Bertz CT molecular complexity index is 324. The fourth-order valence-corrected chi connectivity index (χ4v) is 1.86. The van der Waals surface area contributed by atoms with E-state index in [1.54, 1.807) is 11.3 Å². The highest BCUT2D eigenvalue weighted by molar-refractivity contribution is 7.09. The molecular formula is C10H15N3S. The molecule has 2 N–H and O–H groups in total. The summed E-state index contributed by atoms with van der Waals surface area (Å²) in [5.41, 5.74) is 6.76. The summed E-state index contributed by atoms with van der Waals surface area (Å²) >= 11 is 1.60. The lowest BCUT2D eigenvalue weighted by Crippen LogP contribution is -2.18. The minimum absolute atomic E-state index is 0.0201. The van der Waals surface area contributed by atoms with Crippen molar-refractivity contribution in [2.75, 3.05) is 13.6 Å². The molecule has 4 heteroatoms. The Kier molecular flexibility index (Phi) is 4.08. The highest BCUT2D eigenvalue weighted by Crippen LogP contribution is 2.16. The summed E-state index contributed by atoms with van der Waals surface area (Å²) in [5, 5.41) is 3.01. The van der Waals surface area contributed by atoms with Gasteiger partial charge >= 0.3 is 0 Å². The van der Waals surface area contributed by atoms with Crippen LogP contribution >= 0.6 is 11.3 Å². The molecule has 0 saturated heterocycles. The van der Waals surface area contributed by atoms with Gasteiger partial charge < -0.3 is 5.73 Å². The quantitative estimate of drug-likeness (QED) is 0.758. The smallest absolute Gasteiger partial charge is 0.109 e. The Balaban J connectivity index is 2.56. The van der Waals surface area contributed by atoms with Gasteiger partial charge in [0.1, 0.15) is 5.01 Å². The van der Waals surface area contributed by atoms with Crippen LogP contribution in [0, 0.1) is 12.3 Å². The minimum Gasteiger partial charge on any atom is -0.322 e. The molecule has 14 heavy (non-hydrogen) atoms. The minimum atomic E-state index is 0.0201. The Labute approximate surface area is 88.9 Å². The monoisotopic (exact) mass is 209 g/mol. The van der Waals surface area contributed by atoms with Crippen molar-refractivity contribution in [1.29, 1.82) is 0 Å². The maximum Gasteiger partial charge on any atom is 0.109 e. The SMILES string of the molecule is C#CCN(C)Cc1csc(C(C)N)n1. The van der Waals surface area contributed by atoms with Crippen LogP contribution in [0.15, 0.2) is 5.38 Å². The normalized spacial score (nSPS) is 12.8. The number of terminal acetylenes is 1. The lowest BCUT2D eigenvalue weighted by molar-refractivity contribution is 0.364. The maximum absolute atomic E-state index is 5.72. The zero-order valence-electron chi connectivity index (χ0n) is 8.53. The van der Waals surface area contributed by atoms with Gasteiger partial charge in [-0.05, 0) is 14.0 Å². The van der Waals surface area contributed by atoms with Crippen molar-refractivity contribution < 1.29 is 0 Å². The molecule has 0 fully saturated rings. The molecule has 0 aliphatic carbocycles. The Hall–Kier alpha value is -0.890. The van der Waals surface area contributed by atoms with Crippen LogP contribution in [-0.2, 0) is 6.54 Å².